The van der Waals surface area contributed by atoms with Crippen LogP contribution in [-0.2, 0) is 14.8 Å². The number of carbonyl (C=O) groups excluding carboxylic acids is 1. The van der Waals surface area contributed by atoms with Gasteiger partial charge in [-0.05, 0) is 32.1 Å². The summed E-state index contributed by atoms with van der Waals surface area (Å²) in [5.41, 5.74) is 0. The minimum absolute atomic E-state index is 0.0966. The van der Waals surface area contributed by atoms with E-state index in [9.17, 15) is 18.3 Å². The number of hydrogen-bond acceptors (Lipinski definition) is 4. The monoisotopic (exact) mass is 304 g/mol. The van der Waals surface area contributed by atoms with Gasteiger partial charge in [-0.2, -0.15) is 4.31 Å². The smallest absolute Gasteiger partial charge is 0.241 e. The number of carbonyl (C=O) groups is 1. The Balaban J connectivity index is 2.08. The van der Waals surface area contributed by atoms with Crippen LogP contribution < -0.4 is 0 Å². The molecular weight excluding hydrogens is 280 g/mol. The molecule has 0 aromatic carbocycles. The molecule has 6 nitrogen and oxygen atoms in total. The minimum Gasteiger partial charge on any atom is -0.391 e. The first-order chi connectivity index (χ1) is 9.45. The fourth-order valence-electron chi connectivity index (χ4n) is 3.06. The van der Waals surface area contributed by atoms with E-state index in [0.29, 0.717) is 38.9 Å². The Morgan fingerprint density at radius 1 is 1.25 bits per heavy atom. The number of hydrogen-bond donors (Lipinski definition) is 1. The number of piperidine rings is 1. The highest BCUT2D eigenvalue weighted by atomic mass is 32.2. The average molecular weight is 304 g/mol. The first-order valence-corrected chi connectivity index (χ1v) is 9.03. The standard InChI is InChI=1S/C13H24N2O4S/c1-2-9-20(18,19)15-8-4-6-12(15)13(17)14-7-3-5-11(16)10-14/h11-12,16H,2-10H2,1H3/t11-,12?/m0/s1. The van der Waals surface area contributed by atoms with E-state index in [2.05, 4.69) is 0 Å². The summed E-state index contributed by atoms with van der Waals surface area (Å²) in [4.78, 5) is 14.1. The van der Waals surface area contributed by atoms with Crippen LogP contribution in [0.1, 0.15) is 39.0 Å². The summed E-state index contributed by atoms with van der Waals surface area (Å²) in [5.74, 6) is -0.0414. The molecule has 0 aromatic rings. The van der Waals surface area contributed by atoms with Gasteiger partial charge in [-0.25, -0.2) is 8.42 Å². The third-order valence-corrected chi connectivity index (χ3v) is 6.09. The molecule has 20 heavy (non-hydrogen) atoms. The van der Waals surface area contributed by atoms with Crippen molar-refractivity contribution in [1.29, 1.82) is 0 Å². The zero-order chi connectivity index (χ0) is 14.8. The lowest BCUT2D eigenvalue weighted by Crippen LogP contribution is -2.51. The molecular formula is C13H24N2O4S. The van der Waals surface area contributed by atoms with Crippen LogP contribution in [0.2, 0.25) is 0 Å². The van der Waals surface area contributed by atoms with Crippen LogP contribution in [0, 0.1) is 0 Å². The molecule has 2 rings (SSSR count). The van der Waals surface area contributed by atoms with Crippen molar-refractivity contribution in [3.8, 4) is 0 Å². The van der Waals surface area contributed by atoms with Gasteiger partial charge < -0.3 is 10.0 Å². The Labute approximate surface area is 120 Å². The van der Waals surface area contributed by atoms with E-state index in [0.717, 1.165) is 12.8 Å². The average Bonchev–Trinajstić information content (AvgIpc) is 2.87. The van der Waals surface area contributed by atoms with E-state index < -0.39 is 22.2 Å². The van der Waals surface area contributed by atoms with Gasteiger partial charge in [0.15, 0.2) is 0 Å². The quantitative estimate of drug-likeness (QED) is 0.803. The van der Waals surface area contributed by atoms with Gasteiger partial charge in [-0.15, -0.1) is 0 Å². The van der Waals surface area contributed by atoms with Crippen molar-refractivity contribution in [1.82, 2.24) is 9.21 Å². The number of β-amino-alcohol motifs (C(OH)–C–C–N with tert-alkyl or cyclic N) is 1. The molecule has 7 heteroatoms. The highest BCUT2D eigenvalue weighted by Crippen LogP contribution is 2.24. The predicted molar refractivity (Wildman–Crippen MR) is 75.6 cm³/mol. The van der Waals surface area contributed by atoms with Crippen LogP contribution in [0.4, 0.5) is 0 Å². The molecule has 2 aliphatic heterocycles. The SMILES string of the molecule is CCCS(=O)(=O)N1CCCC1C(=O)N1CCC[C@H](O)C1. The Hall–Kier alpha value is -0.660. The topological polar surface area (TPSA) is 77.9 Å². The second-order valence-corrected chi connectivity index (χ2v) is 7.71. The van der Waals surface area contributed by atoms with E-state index in [-0.39, 0.29) is 11.7 Å². The van der Waals surface area contributed by atoms with Crippen LogP contribution in [0.3, 0.4) is 0 Å². The highest BCUT2D eigenvalue weighted by molar-refractivity contribution is 7.89. The zero-order valence-corrected chi connectivity index (χ0v) is 12.8. The number of nitrogens with zero attached hydrogens (tertiary/aromatic N) is 2. The largest absolute Gasteiger partial charge is 0.391 e. The normalized spacial score (nSPS) is 28.8. The lowest BCUT2D eigenvalue weighted by Gasteiger charge is -2.34. The number of likely N-dealkylation sites (tertiary alicyclic amines) is 1. The Morgan fingerprint density at radius 2 is 1.95 bits per heavy atom. The molecule has 2 atom stereocenters. The summed E-state index contributed by atoms with van der Waals surface area (Å²) in [6.07, 6.45) is 2.90. The van der Waals surface area contributed by atoms with Gasteiger partial charge in [0, 0.05) is 19.6 Å². The first-order valence-electron chi connectivity index (χ1n) is 7.42. The molecule has 1 amide bonds. The van der Waals surface area contributed by atoms with E-state index in [1.165, 1.54) is 4.31 Å². The number of rotatable bonds is 4. The maximum atomic E-state index is 12.5. The maximum absolute atomic E-state index is 12.5. The van der Waals surface area contributed by atoms with Crippen molar-refractivity contribution in [3.05, 3.63) is 0 Å². The lowest BCUT2D eigenvalue weighted by atomic mass is 10.1. The van der Waals surface area contributed by atoms with E-state index in [1.54, 1.807) is 4.90 Å². The fraction of sp³-hybridized carbons (Fsp3) is 0.923. The second kappa shape index (κ2) is 6.41. The molecule has 1 unspecified atom stereocenters. The lowest BCUT2D eigenvalue weighted by molar-refractivity contribution is -0.137. The zero-order valence-electron chi connectivity index (χ0n) is 12.0. The van der Waals surface area contributed by atoms with E-state index >= 15 is 0 Å². The molecule has 2 saturated heterocycles. The van der Waals surface area contributed by atoms with Gasteiger partial charge in [0.05, 0.1) is 11.9 Å². The summed E-state index contributed by atoms with van der Waals surface area (Å²) in [5, 5.41) is 9.66. The Kier molecular flexibility index (Phi) is 5.04. The molecule has 2 aliphatic rings. The molecule has 0 radical (unpaired) electrons. The van der Waals surface area contributed by atoms with E-state index in [1.807, 2.05) is 6.92 Å². The fourth-order valence-corrected chi connectivity index (χ4v) is 4.80. The number of aliphatic hydroxyl groups is 1. The van der Waals surface area contributed by atoms with Crippen LogP contribution in [0.5, 0.6) is 0 Å². The first kappa shape index (κ1) is 15.7. The van der Waals surface area contributed by atoms with Crippen molar-refractivity contribution in [2.45, 2.75) is 51.2 Å². The molecule has 2 fully saturated rings. The molecule has 0 aromatic heterocycles. The van der Waals surface area contributed by atoms with Crippen LogP contribution >= 0.6 is 0 Å². The van der Waals surface area contributed by atoms with Crippen molar-refractivity contribution in [2.75, 3.05) is 25.4 Å². The predicted octanol–water partition coefficient (Wildman–Crippen LogP) is 0.174. The van der Waals surface area contributed by atoms with Crippen LogP contribution in [0.25, 0.3) is 0 Å². The van der Waals surface area contributed by atoms with Crippen molar-refractivity contribution < 1.29 is 18.3 Å². The van der Waals surface area contributed by atoms with Gasteiger partial charge in [0.25, 0.3) is 0 Å². The Bertz CT molecular complexity index is 451. The highest BCUT2D eigenvalue weighted by Gasteiger charge is 2.40. The molecule has 0 aliphatic carbocycles. The molecule has 1 N–H and O–H groups in total. The summed E-state index contributed by atoms with van der Waals surface area (Å²) in [6.45, 7) is 3.21. The Morgan fingerprint density at radius 3 is 2.60 bits per heavy atom. The molecule has 2 heterocycles. The third-order valence-electron chi connectivity index (χ3n) is 4.02. The summed E-state index contributed by atoms with van der Waals surface area (Å²) < 4.78 is 25.8. The van der Waals surface area contributed by atoms with Gasteiger partial charge in [-0.3, -0.25) is 4.79 Å². The molecule has 116 valence electrons. The third kappa shape index (κ3) is 3.32. The molecule has 0 bridgehead atoms. The summed E-state index contributed by atoms with van der Waals surface area (Å²) in [7, 11) is -3.33. The van der Waals surface area contributed by atoms with Gasteiger partial charge in [0.2, 0.25) is 15.9 Å². The van der Waals surface area contributed by atoms with Crippen molar-refractivity contribution in [2.24, 2.45) is 0 Å². The van der Waals surface area contributed by atoms with Gasteiger partial charge >= 0.3 is 0 Å². The number of amides is 1. The number of aliphatic hydroxyl groups excluding tert-OH is 1. The second-order valence-electron chi connectivity index (χ2n) is 5.67. The van der Waals surface area contributed by atoms with Crippen LogP contribution in [-0.4, -0.2) is 66.2 Å². The van der Waals surface area contributed by atoms with Crippen LogP contribution in [0.15, 0.2) is 0 Å². The number of sulfonamides is 1. The molecule has 0 saturated carbocycles. The van der Waals surface area contributed by atoms with Gasteiger partial charge in [0.1, 0.15) is 6.04 Å². The van der Waals surface area contributed by atoms with Crippen molar-refractivity contribution >= 4 is 15.9 Å². The minimum atomic E-state index is -3.33. The van der Waals surface area contributed by atoms with E-state index in [4.69, 9.17) is 0 Å². The van der Waals surface area contributed by atoms with Gasteiger partial charge in [-0.1, -0.05) is 6.92 Å². The summed E-state index contributed by atoms with van der Waals surface area (Å²) in [6, 6.07) is -0.558. The molecule has 0 spiro atoms. The van der Waals surface area contributed by atoms with Crippen molar-refractivity contribution in [3.63, 3.8) is 0 Å². The maximum Gasteiger partial charge on any atom is 0.241 e. The summed E-state index contributed by atoms with van der Waals surface area (Å²) >= 11 is 0.